The Hall–Kier alpha value is -4.78. The normalized spacial score (nSPS) is 27.9. The number of halogens is 1. The smallest absolute Gasteiger partial charge is 0.408 e. The highest BCUT2D eigenvalue weighted by Gasteiger charge is 2.61. The van der Waals surface area contributed by atoms with E-state index in [1.807, 2.05) is 18.2 Å². The second-order valence-corrected chi connectivity index (χ2v) is 18.9. The molecule has 0 aromatic heterocycles. The molecule has 7 N–H and O–H groups in total. The van der Waals surface area contributed by atoms with Crippen molar-refractivity contribution in [1.29, 1.82) is 0 Å². The fraction of sp³-hybridized carbons (Fsp3) is 0.462. The molecule has 2 aromatic carbocycles. The van der Waals surface area contributed by atoms with Crippen molar-refractivity contribution in [2.24, 2.45) is 17.6 Å². The van der Waals surface area contributed by atoms with Gasteiger partial charge in [-0.2, -0.15) is 0 Å². The summed E-state index contributed by atoms with van der Waals surface area (Å²) in [6.45, 7) is 5.09. The molecule has 2 aliphatic carbocycles. The number of carbonyl (C=O) groups is 5. The van der Waals surface area contributed by atoms with E-state index in [0.29, 0.717) is 32.1 Å². The summed E-state index contributed by atoms with van der Waals surface area (Å²) < 4.78 is 60.6. The van der Waals surface area contributed by atoms with Crippen LogP contribution < -0.4 is 31.1 Å². The minimum Gasteiger partial charge on any atom is -0.444 e. The Morgan fingerprint density at radius 3 is 1.69 bits per heavy atom. The number of alkyl carbamates (subject to hydrolysis) is 1. The second kappa shape index (κ2) is 18.4. The molecule has 0 unspecified atom stereocenters. The average molecular weight is 863 g/mol. The number of ether oxygens (including phenoxy) is 1. The van der Waals surface area contributed by atoms with Gasteiger partial charge in [-0.05, 0) is 96.4 Å². The molecule has 2 saturated carbocycles. The summed E-state index contributed by atoms with van der Waals surface area (Å²) in [5, 5.41) is 7.80. The van der Waals surface area contributed by atoms with Crippen LogP contribution in [0.25, 0.3) is 0 Å². The molecule has 2 aliphatic heterocycles. The van der Waals surface area contributed by atoms with Crippen molar-refractivity contribution in [3.05, 3.63) is 72.8 Å². The van der Waals surface area contributed by atoms with Crippen LogP contribution >= 0.6 is 12.4 Å². The Labute approximate surface area is 345 Å². The average Bonchev–Trinajstić information content (AvgIpc) is 4.01. The molecule has 0 bridgehead atoms. The Morgan fingerprint density at radius 1 is 0.724 bits per heavy atom. The fourth-order valence-corrected chi connectivity index (χ4v) is 8.88. The molecule has 0 radical (unpaired) electrons. The Bertz CT molecular complexity index is 2190. The number of carbonyl (C=O) groups excluding carboxylic acids is 5. The summed E-state index contributed by atoms with van der Waals surface area (Å²) in [6.07, 6.45) is 12.3. The lowest BCUT2D eigenvalue weighted by molar-refractivity contribution is -0.123. The van der Waals surface area contributed by atoms with Gasteiger partial charge in [0, 0.05) is 24.7 Å². The highest BCUT2D eigenvalue weighted by molar-refractivity contribution is 7.90. The number of hydrogen-bond acceptors (Lipinski definition) is 11. The summed E-state index contributed by atoms with van der Waals surface area (Å²) >= 11 is 0. The molecule has 19 heteroatoms. The third-order valence-corrected chi connectivity index (χ3v) is 12.5. The highest BCUT2D eigenvalue weighted by Crippen LogP contribution is 2.46. The van der Waals surface area contributed by atoms with E-state index in [1.165, 1.54) is 36.4 Å². The zero-order valence-corrected chi connectivity index (χ0v) is 35.0. The van der Waals surface area contributed by atoms with Crippen LogP contribution in [0.4, 0.5) is 16.2 Å². The van der Waals surface area contributed by atoms with Crippen molar-refractivity contribution in [3.63, 3.8) is 0 Å². The number of rotatable bonds is 1. The number of fused-ring (bicyclic) bond motifs is 4. The lowest BCUT2D eigenvalue weighted by Gasteiger charge is -2.24. The molecule has 4 aliphatic rings. The van der Waals surface area contributed by atoms with Crippen molar-refractivity contribution < 1.29 is 45.5 Å². The number of anilines is 2. The zero-order chi connectivity index (χ0) is 41.6. The topological polar surface area (TPSA) is 249 Å². The van der Waals surface area contributed by atoms with Crippen LogP contribution in [0.15, 0.2) is 82.6 Å². The summed E-state index contributed by atoms with van der Waals surface area (Å²) in [6, 6.07) is 11.9. The predicted octanol–water partition coefficient (Wildman–Crippen LogP) is 4.54. The third kappa shape index (κ3) is 11.7. The van der Waals surface area contributed by atoms with Gasteiger partial charge in [0.05, 0.1) is 11.4 Å². The molecule has 0 spiro atoms. The number of amides is 5. The maximum Gasteiger partial charge on any atom is 0.408 e. The number of nitrogens with one attached hydrogen (secondary N) is 5. The lowest BCUT2D eigenvalue weighted by Crippen LogP contribution is -2.52. The van der Waals surface area contributed by atoms with Crippen LogP contribution in [0.2, 0.25) is 0 Å². The van der Waals surface area contributed by atoms with E-state index < -0.39 is 54.6 Å². The van der Waals surface area contributed by atoms with Crippen molar-refractivity contribution in [1.82, 2.24) is 14.8 Å². The zero-order valence-electron chi connectivity index (χ0n) is 32.5. The molecule has 58 heavy (non-hydrogen) atoms. The van der Waals surface area contributed by atoms with Gasteiger partial charge >= 0.3 is 6.09 Å². The van der Waals surface area contributed by atoms with E-state index in [2.05, 4.69) is 25.4 Å². The Balaban J connectivity index is 0.000000259. The van der Waals surface area contributed by atoms with Crippen LogP contribution in [0.5, 0.6) is 0 Å². The number of para-hydroxylation sites is 2. The van der Waals surface area contributed by atoms with Crippen LogP contribution in [0, 0.1) is 11.8 Å². The summed E-state index contributed by atoms with van der Waals surface area (Å²) in [5.74, 6) is -2.67. The first-order valence-corrected chi connectivity index (χ1v) is 21.8. The maximum absolute atomic E-state index is 13.1. The summed E-state index contributed by atoms with van der Waals surface area (Å²) in [5.41, 5.74) is 2.89. The van der Waals surface area contributed by atoms with Crippen molar-refractivity contribution in [2.45, 2.75) is 111 Å². The van der Waals surface area contributed by atoms with Crippen molar-refractivity contribution in [2.75, 3.05) is 10.6 Å². The molecule has 4 atom stereocenters. The van der Waals surface area contributed by atoms with Gasteiger partial charge < -0.3 is 26.4 Å². The second-order valence-electron chi connectivity index (χ2n) is 15.6. The lowest BCUT2D eigenvalue weighted by atomic mass is 10.1. The standard InChI is InChI=1S/C22H29N3O6S.C17H21N3O4S.ClH/c1-21(2,3)31-20(28)24-22-14-15(22)10-6-4-5-7-13-18(26)23-16-11-8-9-12-17(16)32(29,30)25-19(22)27;18-17-11-12(17)7-3-1-2-4-10-15(21)19-13-8-5-6-9-14(13)25(23,24)20-16(17)22;/h6,8-12,15H,4-5,7,13-14H2,1-3H3,(H,23,26)(H,24,28)(H,25,27);3,5-9,12H,1-2,4,10-11,18H2,(H,19,21)(H,20,22);1H/b10-6-;7-3-;/t15-,22-;12-,17-;/m11./s1. The van der Waals surface area contributed by atoms with E-state index in [1.54, 1.807) is 39.0 Å². The molecule has 16 nitrogen and oxygen atoms in total. The number of nitrogens with two attached hydrogens (primary N) is 1. The van der Waals surface area contributed by atoms with Gasteiger partial charge in [-0.25, -0.2) is 31.1 Å². The Morgan fingerprint density at radius 2 is 1.19 bits per heavy atom. The molecule has 2 heterocycles. The SMILES string of the molecule is CC(C)(C)OC(=O)N[C@]12C[C@H]1/C=C\CCCCC(=O)Nc1ccccc1S(=O)(=O)NC2=O.Cl.N[C@]12C[C@H]1/C=C\CCCCC(=O)Nc1ccccc1S(=O)(=O)NC2=O. The van der Waals surface area contributed by atoms with E-state index >= 15 is 0 Å². The van der Waals surface area contributed by atoms with Crippen LogP contribution in [-0.4, -0.2) is 63.2 Å². The highest BCUT2D eigenvalue weighted by atomic mass is 35.5. The van der Waals surface area contributed by atoms with Gasteiger partial charge in [0.25, 0.3) is 31.9 Å². The van der Waals surface area contributed by atoms with Gasteiger partial charge in [0.1, 0.15) is 26.5 Å². The minimum absolute atomic E-state index is 0. The summed E-state index contributed by atoms with van der Waals surface area (Å²) in [4.78, 5) is 61.8. The van der Waals surface area contributed by atoms with E-state index in [0.717, 1.165) is 19.3 Å². The van der Waals surface area contributed by atoms with Gasteiger partial charge in [0.2, 0.25) is 11.8 Å². The molecule has 0 saturated heterocycles. The molecule has 5 amide bonds. The van der Waals surface area contributed by atoms with E-state index in [4.69, 9.17) is 10.5 Å². The molecule has 2 fully saturated rings. The van der Waals surface area contributed by atoms with Gasteiger partial charge in [0.15, 0.2) is 0 Å². The van der Waals surface area contributed by atoms with Gasteiger partial charge in [-0.15, -0.1) is 12.4 Å². The largest absolute Gasteiger partial charge is 0.444 e. The quantitative estimate of drug-likeness (QED) is 0.217. The van der Waals surface area contributed by atoms with Crippen LogP contribution in [-0.2, 0) is 44.0 Å². The van der Waals surface area contributed by atoms with Crippen molar-refractivity contribution >= 4 is 73.6 Å². The first kappa shape index (κ1) is 45.9. The monoisotopic (exact) mass is 862 g/mol. The maximum atomic E-state index is 13.1. The summed E-state index contributed by atoms with van der Waals surface area (Å²) in [7, 11) is -8.45. The third-order valence-electron chi connectivity index (χ3n) is 9.77. The van der Waals surface area contributed by atoms with E-state index in [9.17, 15) is 40.8 Å². The van der Waals surface area contributed by atoms with Crippen LogP contribution in [0.3, 0.4) is 0 Å². The molecule has 2 aromatic rings. The molecule has 6 rings (SSSR count). The predicted molar refractivity (Wildman–Crippen MR) is 218 cm³/mol. The number of benzene rings is 2. The molecular formula is C39H51ClN6O10S2. The fourth-order valence-electron chi connectivity index (χ4n) is 6.46. The molecule has 316 valence electrons. The first-order chi connectivity index (χ1) is 26.8. The Kier molecular flexibility index (Phi) is 14.6. The van der Waals surface area contributed by atoms with Crippen molar-refractivity contribution in [3.8, 4) is 0 Å². The number of allylic oxidation sites excluding steroid dienone is 2. The molecular weight excluding hydrogens is 812 g/mol. The van der Waals surface area contributed by atoms with E-state index in [-0.39, 0.29) is 70.1 Å². The number of sulfonamides is 2. The van der Waals surface area contributed by atoms with Gasteiger partial charge in [-0.1, -0.05) is 48.6 Å². The van der Waals surface area contributed by atoms with Gasteiger partial charge in [-0.3, -0.25) is 19.2 Å². The van der Waals surface area contributed by atoms with Crippen LogP contribution in [0.1, 0.15) is 85.0 Å². The minimum atomic E-state index is -4.32. The first-order valence-electron chi connectivity index (χ1n) is 18.8. The number of hydrogen-bond donors (Lipinski definition) is 6.